The van der Waals surface area contributed by atoms with Crippen LogP contribution in [0.5, 0.6) is 0 Å². The number of aliphatic hydroxyl groups excluding tert-OH is 1. The molecule has 1 heteroatoms. The zero-order valence-electron chi connectivity index (χ0n) is 8.22. The Morgan fingerprint density at radius 2 is 2.17 bits per heavy atom. The summed E-state index contributed by atoms with van der Waals surface area (Å²) in [5, 5.41) is 9.11. The van der Waals surface area contributed by atoms with Gasteiger partial charge in [0.2, 0.25) is 0 Å². The van der Waals surface area contributed by atoms with E-state index in [2.05, 4.69) is 26.8 Å². The molecule has 1 nitrogen and oxygen atoms in total. The van der Waals surface area contributed by atoms with Crippen LogP contribution >= 0.6 is 0 Å². The Labute approximate surface area is 74.8 Å². The molecule has 0 aromatic rings. The molecule has 1 aliphatic rings. The van der Waals surface area contributed by atoms with E-state index in [9.17, 15) is 0 Å². The van der Waals surface area contributed by atoms with Gasteiger partial charge in [0.15, 0.2) is 0 Å². The van der Waals surface area contributed by atoms with Gasteiger partial charge < -0.3 is 5.11 Å². The van der Waals surface area contributed by atoms with E-state index in [0.29, 0.717) is 5.92 Å². The summed E-state index contributed by atoms with van der Waals surface area (Å²) in [5.41, 5.74) is 3.86. The molecule has 0 bridgehead atoms. The quantitative estimate of drug-likeness (QED) is 0.668. The molecule has 0 aromatic carbocycles. The molecule has 12 heavy (non-hydrogen) atoms. The first-order chi connectivity index (χ1) is 5.69. The van der Waals surface area contributed by atoms with Crippen molar-refractivity contribution < 1.29 is 5.11 Å². The van der Waals surface area contributed by atoms with Gasteiger partial charge in [-0.1, -0.05) is 18.6 Å². The molecule has 0 amide bonds. The Morgan fingerprint density at radius 1 is 1.50 bits per heavy atom. The molecule has 1 aliphatic carbocycles. The summed E-state index contributed by atoms with van der Waals surface area (Å²) in [5.74, 6) is 0.649. The fourth-order valence-corrected chi connectivity index (χ4v) is 1.73. The number of allylic oxidation sites excluding steroid dienone is 3. The van der Waals surface area contributed by atoms with Gasteiger partial charge in [-0.05, 0) is 43.8 Å². The summed E-state index contributed by atoms with van der Waals surface area (Å²) in [4.78, 5) is 0. The Bertz CT molecular complexity index is 223. The van der Waals surface area contributed by atoms with Crippen LogP contribution in [0.25, 0.3) is 0 Å². The van der Waals surface area contributed by atoms with Gasteiger partial charge in [-0.3, -0.25) is 0 Å². The van der Waals surface area contributed by atoms with Crippen molar-refractivity contribution in [1.82, 2.24) is 0 Å². The van der Waals surface area contributed by atoms with E-state index in [4.69, 9.17) is 5.11 Å². The molecule has 0 fully saturated rings. The normalized spacial score (nSPS) is 24.3. The number of hydrogen-bond acceptors (Lipinski definition) is 1. The minimum atomic E-state index is 0.230. The van der Waals surface area contributed by atoms with Gasteiger partial charge in [0.25, 0.3) is 0 Å². The monoisotopic (exact) mass is 166 g/mol. The third-order valence-corrected chi connectivity index (χ3v) is 2.83. The Hall–Kier alpha value is -0.560. The molecule has 0 saturated heterocycles. The first-order valence-corrected chi connectivity index (χ1v) is 4.67. The second-order valence-corrected chi connectivity index (χ2v) is 3.61. The Morgan fingerprint density at radius 3 is 2.67 bits per heavy atom. The minimum absolute atomic E-state index is 0.230. The van der Waals surface area contributed by atoms with Crippen molar-refractivity contribution in [3.8, 4) is 0 Å². The average molecular weight is 166 g/mol. The van der Waals surface area contributed by atoms with Crippen LogP contribution in [-0.2, 0) is 0 Å². The summed E-state index contributed by atoms with van der Waals surface area (Å²) in [6.45, 7) is 6.66. The lowest BCUT2D eigenvalue weighted by atomic mass is 9.85. The van der Waals surface area contributed by atoms with Crippen molar-refractivity contribution in [3.05, 3.63) is 22.8 Å². The lowest BCUT2D eigenvalue weighted by Crippen LogP contribution is -2.09. The molecule has 1 atom stereocenters. The van der Waals surface area contributed by atoms with E-state index < -0.39 is 0 Å². The molecule has 0 spiro atoms. The highest BCUT2D eigenvalue weighted by Crippen LogP contribution is 2.29. The summed E-state index contributed by atoms with van der Waals surface area (Å²) >= 11 is 0. The molecule has 1 unspecified atom stereocenters. The second kappa shape index (κ2) is 3.90. The summed E-state index contributed by atoms with van der Waals surface area (Å²) in [6.07, 6.45) is 4.55. The molecular weight excluding hydrogens is 148 g/mol. The van der Waals surface area contributed by atoms with E-state index in [1.807, 2.05) is 0 Å². The van der Waals surface area contributed by atoms with Crippen LogP contribution in [0.3, 0.4) is 0 Å². The number of aliphatic hydroxyl groups is 1. The average Bonchev–Trinajstić information content (AvgIpc) is 2.09. The van der Waals surface area contributed by atoms with Gasteiger partial charge in [0.05, 0.1) is 6.61 Å². The molecule has 0 saturated carbocycles. The topological polar surface area (TPSA) is 20.2 Å². The van der Waals surface area contributed by atoms with Crippen molar-refractivity contribution in [2.75, 3.05) is 6.61 Å². The maximum Gasteiger partial charge on any atom is 0.0647 e. The van der Waals surface area contributed by atoms with Gasteiger partial charge in [-0.15, -0.1) is 0 Å². The Kier molecular flexibility index (Phi) is 3.10. The number of rotatable bonds is 2. The molecule has 0 aliphatic heterocycles. The van der Waals surface area contributed by atoms with Crippen molar-refractivity contribution in [2.45, 2.75) is 33.6 Å². The van der Waals surface area contributed by atoms with Gasteiger partial charge in [-0.25, -0.2) is 0 Å². The van der Waals surface area contributed by atoms with Gasteiger partial charge in [0, 0.05) is 0 Å². The van der Waals surface area contributed by atoms with Gasteiger partial charge in [-0.2, -0.15) is 0 Å². The summed E-state index contributed by atoms with van der Waals surface area (Å²) in [6, 6.07) is 0. The van der Waals surface area contributed by atoms with Crippen molar-refractivity contribution in [2.24, 2.45) is 5.92 Å². The third-order valence-electron chi connectivity index (χ3n) is 2.83. The molecule has 0 radical (unpaired) electrons. The van der Waals surface area contributed by atoms with E-state index in [-0.39, 0.29) is 6.61 Å². The highest BCUT2D eigenvalue weighted by atomic mass is 16.3. The fourth-order valence-electron chi connectivity index (χ4n) is 1.73. The largest absolute Gasteiger partial charge is 0.392 e. The zero-order chi connectivity index (χ0) is 9.14. The van der Waals surface area contributed by atoms with Crippen LogP contribution in [0.15, 0.2) is 22.8 Å². The minimum Gasteiger partial charge on any atom is -0.392 e. The van der Waals surface area contributed by atoms with E-state index in [1.54, 1.807) is 0 Å². The zero-order valence-corrected chi connectivity index (χ0v) is 8.22. The van der Waals surface area contributed by atoms with Crippen LogP contribution in [0, 0.1) is 5.92 Å². The van der Waals surface area contributed by atoms with E-state index in [0.717, 1.165) is 6.42 Å². The second-order valence-electron chi connectivity index (χ2n) is 3.61. The molecule has 0 aromatic heterocycles. The Balaban J connectivity index is 2.85. The van der Waals surface area contributed by atoms with Crippen LogP contribution in [-0.4, -0.2) is 11.7 Å². The predicted octanol–water partition coefficient (Wildman–Crippen LogP) is 2.67. The van der Waals surface area contributed by atoms with Crippen molar-refractivity contribution >= 4 is 0 Å². The SMILES string of the molecule is CCC1C=C(C)C(C)=C(CO)C1. The smallest absolute Gasteiger partial charge is 0.0647 e. The van der Waals surface area contributed by atoms with Crippen LogP contribution in [0.4, 0.5) is 0 Å². The maximum absolute atomic E-state index is 9.11. The van der Waals surface area contributed by atoms with Gasteiger partial charge >= 0.3 is 0 Å². The molecule has 1 N–H and O–H groups in total. The van der Waals surface area contributed by atoms with Crippen LogP contribution in [0.2, 0.25) is 0 Å². The molecular formula is C11H18O. The highest BCUT2D eigenvalue weighted by molar-refractivity contribution is 5.36. The predicted molar refractivity (Wildman–Crippen MR) is 51.9 cm³/mol. The van der Waals surface area contributed by atoms with Crippen molar-refractivity contribution in [1.29, 1.82) is 0 Å². The highest BCUT2D eigenvalue weighted by Gasteiger charge is 2.15. The molecule has 0 heterocycles. The third kappa shape index (κ3) is 1.78. The first-order valence-electron chi connectivity index (χ1n) is 4.67. The lowest BCUT2D eigenvalue weighted by Gasteiger charge is -2.22. The van der Waals surface area contributed by atoms with Crippen LogP contribution < -0.4 is 0 Å². The lowest BCUT2D eigenvalue weighted by molar-refractivity contribution is 0.319. The van der Waals surface area contributed by atoms with E-state index >= 15 is 0 Å². The first kappa shape index (κ1) is 9.53. The van der Waals surface area contributed by atoms with Crippen LogP contribution in [0.1, 0.15) is 33.6 Å². The van der Waals surface area contributed by atoms with Crippen molar-refractivity contribution in [3.63, 3.8) is 0 Å². The standard InChI is InChI=1S/C11H18O/c1-4-10-5-8(2)9(3)11(6-10)7-12/h5,10,12H,4,6-7H2,1-3H3. The summed E-state index contributed by atoms with van der Waals surface area (Å²) < 4.78 is 0. The number of hydrogen-bond donors (Lipinski definition) is 1. The fraction of sp³-hybridized carbons (Fsp3) is 0.636. The molecule has 1 rings (SSSR count). The maximum atomic E-state index is 9.11. The molecule has 68 valence electrons. The summed E-state index contributed by atoms with van der Waals surface area (Å²) in [7, 11) is 0. The van der Waals surface area contributed by atoms with Gasteiger partial charge in [0.1, 0.15) is 0 Å². The van der Waals surface area contributed by atoms with E-state index in [1.165, 1.54) is 23.1 Å².